The van der Waals surface area contributed by atoms with Gasteiger partial charge in [-0.3, -0.25) is 0 Å². The zero-order chi connectivity index (χ0) is 19.3. The molecule has 28 heavy (non-hydrogen) atoms. The molecular formula is C22H21N5O. The maximum Gasteiger partial charge on any atom is 0.231 e. The van der Waals surface area contributed by atoms with E-state index in [-0.39, 0.29) is 0 Å². The zero-order valence-corrected chi connectivity index (χ0v) is 15.8. The molecule has 2 aromatic heterocycles. The molecule has 0 aliphatic heterocycles. The summed E-state index contributed by atoms with van der Waals surface area (Å²) in [6.45, 7) is 4.60. The molecule has 0 unspecified atom stereocenters. The van der Waals surface area contributed by atoms with E-state index < -0.39 is 0 Å². The van der Waals surface area contributed by atoms with Crippen LogP contribution in [-0.4, -0.2) is 15.1 Å². The van der Waals surface area contributed by atoms with Crippen LogP contribution in [-0.2, 0) is 6.54 Å². The second-order valence-electron chi connectivity index (χ2n) is 6.62. The lowest BCUT2D eigenvalue weighted by Gasteiger charge is -2.11. The molecular weight excluding hydrogens is 350 g/mol. The van der Waals surface area contributed by atoms with Gasteiger partial charge in [-0.1, -0.05) is 65.3 Å². The Bertz CT molecular complexity index is 1080. The summed E-state index contributed by atoms with van der Waals surface area (Å²) in [6.07, 6.45) is 0. The molecule has 2 heterocycles. The fourth-order valence-electron chi connectivity index (χ4n) is 2.91. The van der Waals surface area contributed by atoms with Crippen LogP contribution in [0.15, 0.2) is 71.3 Å². The Kier molecular flexibility index (Phi) is 5.01. The van der Waals surface area contributed by atoms with Crippen LogP contribution in [0, 0.1) is 13.8 Å². The molecule has 0 amide bonds. The molecule has 0 aliphatic carbocycles. The Morgan fingerprint density at radius 2 is 1.71 bits per heavy atom. The van der Waals surface area contributed by atoms with E-state index in [0.717, 1.165) is 22.8 Å². The zero-order valence-electron chi connectivity index (χ0n) is 15.8. The van der Waals surface area contributed by atoms with Crippen molar-refractivity contribution in [1.82, 2.24) is 15.1 Å². The van der Waals surface area contributed by atoms with Crippen LogP contribution in [0.1, 0.15) is 16.9 Å². The van der Waals surface area contributed by atoms with Crippen molar-refractivity contribution in [2.24, 2.45) is 0 Å². The summed E-state index contributed by atoms with van der Waals surface area (Å²) in [5, 5.41) is 10.5. The molecule has 6 heteroatoms. The third-order valence-electron chi connectivity index (χ3n) is 4.22. The third kappa shape index (κ3) is 4.35. The Hall–Kier alpha value is -3.67. The topological polar surface area (TPSA) is 75.9 Å². The molecule has 0 bridgehead atoms. The van der Waals surface area contributed by atoms with Gasteiger partial charge in [0.1, 0.15) is 11.6 Å². The molecule has 4 rings (SSSR count). The van der Waals surface area contributed by atoms with Crippen LogP contribution in [0.5, 0.6) is 0 Å². The molecule has 0 saturated carbocycles. The van der Waals surface area contributed by atoms with E-state index >= 15 is 0 Å². The highest BCUT2D eigenvalue weighted by molar-refractivity contribution is 5.65. The van der Waals surface area contributed by atoms with Crippen LogP contribution < -0.4 is 10.6 Å². The van der Waals surface area contributed by atoms with Crippen LogP contribution >= 0.6 is 0 Å². The molecule has 0 fully saturated rings. The molecule has 2 aromatic carbocycles. The Labute approximate surface area is 163 Å². The largest absolute Gasteiger partial charge is 0.366 e. The highest BCUT2D eigenvalue weighted by Crippen LogP contribution is 2.23. The minimum atomic E-state index is 0.460. The van der Waals surface area contributed by atoms with Crippen LogP contribution in [0.25, 0.3) is 11.3 Å². The van der Waals surface area contributed by atoms with Crippen molar-refractivity contribution < 1.29 is 4.52 Å². The Balaban J connectivity index is 1.63. The number of hydrogen-bond acceptors (Lipinski definition) is 6. The molecule has 0 atom stereocenters. The molecule has 140 valence electrons. The standard InChI is InChI=1S/C22H21N5O/c1-15-7-6-8-17(11-15)14-23-20-13-19(18-9-4-3-5-10-18)24-22(25-20)26-21-12-16(2)28-27-21/h3-13H,14H2,1-2H3,(H2,23,24,25,26,27). The average Bonchev–Trinajstić information content (AvgIpc) is 3.11. The van der Waals surface area contributed by atoms with Gasteiger partial charge in [0, 0.05) is 24.2 Å². The van der Waals surface area contributed by atoms with Gasteiger partial charge in [-0.25, -0.2) is 4.98 Å². The van der Waals surface area contributed by atoms with Gasteiger partial charge in [0.25, 0.3) is 0 Å². The first-order valence-electron chi connectivity index (χ1n) is 9.10. The second kappa shape index (κ2) is 7.92. The first-order chi connectivity index (χ1) is 13.7. The molecule has 0 radical (unpaired) electrons. The molecule has 0 spiro atoms. The minimum absolute atomic E-state index is 0.460. The number of aromatic nitrogens is 3. The van der Waals surface area contributed by atoms with E-state index in [9.17, 15) is 0 Å². The molecule has 6 nitrogen and oxygen atoms in total. The fraction of sp³-hybridized carbons (Fsp3) is 0.136. The molecule has 2 N–H and O–H groups in total. The number of benzene rings is 2. The van der Waals surface area contributed by atoms with Crippen molar-refractivity contribution >= 4 is 17.6 Å². The van der Waals surface area contributed by atoms with Crippen molar-refractivity contribution in [2.45, 2.75) is 20.4 Å². The summed E-state index contributed by atoms with van der Waals surface area (Å²) in [6, 6.07) is 22.2. The van der Waals surface area contributed by atoms with E-state index in [0.29, 0.717) is 18.3 Å². The number of rotatable bonds is 6. The van der Waals surface area contributed by atoms with Gasteiger partial charge in [0.05, 0.1) is 5.69 Å². The van der Waals surface area contributed by atoms with Crippen molar-refractivity contribution in [3.8, 4) is 11.3 Å². The lowest BCUT2D eigenvalue weighted by atomic mass is 10.1. The smallest absolute Gasteiger partial charge is 0.231 e. The van der Waals surface area contributed by atoms with Gasteiger partial charge in [0.2, 0.25) is 5.95 Å². The number of aryl methyl sites for hydroxylation is 2. The van der Waals surface area contributed by atoms with E-state index in [1.165, 1.54) is 11.1 Å². The summed E-state index contributed by atoms with van der Waals surface area (Å²) in [5.41, 5.74) is 4.27. The number of nitrogens with zero attached hydrogens (tertiary/aromatic N) is 3. The van der Waals surface area contributed by atoms with E-state index in [1.807, 2.05) is 43.3 Å². The lowest BCUT2D eigenvalue weighted by Crippen LogP contribution is -2.06. The molecule has 0 saturated heterocycles. The molecule has 0 aliphatic rings. The van der Waals surface area contributed by atoms with E-state index in [1.54, 1.807) is 6.07 Å². The first kappa shape index (κ1) is 17.7. The van der Waals surface area contributed by atoms with Gasteiger partial charge < -0.3 is 15.2 Å². The van der Waals surface area contributed by atoms with Gasteiger partial charge in [0.15, 0.2) is 5.82 Å². The summed E-state index contributed by atoms with van der Waals surface area (Å²) in [5.74, 6) is 2.49. The Morgan fingerprint density at radius 1 is 0.857 bits per heavy atom. The van der Waals surface area contributed by atoms with Crippen molar-refractivity contribution in [2.75, 3.05) is 10.6 Å². The SMILES string of the molecule is Cc1cccc(CNc2cc(-c3ccccc3)nc(Nc3cc(C)on3)n2)c1. The predicted molar refractivity (Wildman–Crippen MR) is 110 cm³/mol. The summed E-state index contributed by atoms with van der Waals surface area (Å²) in [7, 11) is 0. The average molecular weight is 371 g/mol. The quantitative estimate of drug-likeness (QED) is 0.491. The van der Waals surface area contributed by atoms with Crippen LogP contribution in [0.2, 0.25) is 0 Å². The van der Waals surface area contributed by atoms with Gasteiger partial charge in [-0.15, -0.1) is 0 Å². The van der Waals surface area contributed by atoms with E-state index in [2.05, 4.69) is 56.9 Å². The monoisotopic (exact) mass is 371 g/mol. The fourth-order valence-corrected chi connectivity index (χ4v) is 2.91. The van der Waals surface area contributed by atoms with Gasteiger partial charge in [-0.05, 0) is 19.4 Å². The normalized spacial score (nSPS) is 10.6. The van der Waals surface area contributed by atoms with E-state index in [4.69, 9.17) is 4.52 Å². The first-order valence-corrected chi connectivity index (χ1v) is 9.10. The number of hydrogen-bond donors (Lipinski definition) is 2. The maximum absolute atomic E-state index is 5.11. The number of anilines is 3. The maximum atomic E-state index is 5.11. The summed E-state index contributed by atoms with van der Waals surface area (Å²) in [4.78, 5) is 9.22. The highest BCUT2D eigenvalue weighted by atomic mass is 16.5. The van der Waals surface area contributed by atoms with Gasteiger partial charge >= 0.3 is 0 Å². The van der Waals surface area contributed by atoms with Gasteiger partial charge in [-0.2, -0.15) is 4.98 Å². The third-order valence-corrected chi connectivity index (χ3v) is 4.22. The van der Waals surface area contributed by atoms with Crippen molar-refractivity contribution in [3.63, 3.8) is 0 Å². The van der Waals surface area contributed by atoms with Crippen LogP contribution in [0.3, 0.4) is 0 Å². The predicted octanol–water partition coefficient (Wildman–Crippen LogP) is 5.10. The summed E-state index contributed by atoms with van der Waals surface area (Å²) < 4.78 is 5.11. The highest BCUT2D eigenvalue weighted by Gasteiger charge is 2.09. The second-order valence-corrected chi connectivity index (χ2v) is 6.62. The lowest BCUT2D eigenvalue weighted by molar-refractivity contribution is 0.400. The van der Waals surface area contributed by atoms with Crippen LogP contribution in [0.4, 0.5) is 17.6 Å². The molecule has 4 aromatic rings. The van der Waals surface area contributed by atoms with Crippen molar-refractivity contribution in [3.05, 3.63) is 83.6 Å². The van der Waals surface area contributed by atoms with Crippen molar-refractivity contribution in [1.29, 1.82) is 0 Å². The number of nitrogens with one attached hydrogen (secondary N) is 2. The minimum Gasteiger partial charge on any atom is -0.366 e. The Morgan fingerprint density at radius 3 is 2.46 bits per heavy atom. The summed E-state index contributed by atoms with van der Waals surface area (Å²) >= 11 is 0.